The Morgan fingerprint density at radius 1 is 1.09 bits per heavy atom. The first kappa shape index (κ1) is 13.4. The molecule has 0 heterocycles. The predicted molar refractivity (Wildman–Crippen MR) is 90.6 cm³/mol. The van der Waals surface area contributed by atoms with Gasteiger partial charge in [-0.2, -0.15) is 0 Å². The monoisotopic (exact) mass is 291 g/mol. The Bertz CT molecular complexity index is 677. The number of nitrogens with one attached hydrogen (secondary N) is 1. The fourth-order valence-corrected chi connectivity index (χ4v) is 3.38. The molecular formula is C20H21NO. The van der Waals surface area contributed by atoms with Crippen molar-refractivity contribution < 1.29 is 4.74 Å². The average Bonchev–Trinajstić information content (AvgIpc) is 3.23. The van der Waals surface area contributed by atoms with Gasteiger partial charge in [0.15, 0.2) is 0 Å². The molecule has 2 nitrogen and oxygen atoms in total. The number of hydrogen-bond donors (Lipinski definition) is 1. The van der Waals surface area contributed by atoms with Crippen molar-refractivity contribution in [3.8, 4) is 5.75 Å². The van der Waals surface area contributed by atoms with Crippen molar-refractivity contribution in [2.24, 2.45) is 5.92 Å². The lowest BCUT2D eigenvalue weighted by molar-refractivity contribution is 0.362. The van der Waals surface area contributed by atoms with Gasteiger partial charge in [0.05, 0.1) is 0 Å². The number of rotatable bonds is 6. The average molecular weight is 291 g/mol. The van der Waals surface area contributed by atoms with Gasteiger partial charge in [-0.1, -0.05) is 30.3 Å². The molecule has 0 radical (unpaired) electrons. The first-order chi connectivity index (χ1) is 10.9. The van der Waals surface area contributed by atoms with Crippen molar-refractivity contribution in [2.45, 2.75) is 18.8 Å². The second kappa shape index (κ2) is 5.88. The molecule has 0 saturated heterocycles. The van der Waals surface area contributed by atoms with Crippen LogP contribution in [0.2, 0.25) is 0 Å². The van der Waals surface area contributed by atoms with Gasteiger partial charge in [0.2, 0.25) is 0 Å². The molecule has 2 aliphatic rings. The third kappa shape index (κ3) is 2.87. The quantitative estimate of drug-likeness (QED) is 0.797. The lowest BCUT2D eigenvalue weighted by Crippen LogP contribution is -1.99. The molecule has 1 N–H and O–H groups in total. The maximum atomic E-state index is 5.82. The van der Waals surface area contributed by atoms with E-state index in [0.717, 1.165) is 29.8 Å². The van der Waals surface area contributed by atoms with E-state index in [0.29, 0.717) is 6.61 Å². The van der Waals surface area contributed by atoms with E-state index in [1.807, 2.05) is 18.2 Å². The summed E-state index contributed by atoms with van der Waals surface area (Å²) in [5, 5.41) is 3.34. The van der Waals surface area contributed by atoms with Gasteiger partial charge in [-0.3, -0.25) is 0 Å². The molecule has 1 saturated carbocycles. The smallest absolute Gasteiger partial charge is 0.120 e. The van der Waals surface area contributed by atoms with E-state index in [1.54, 1.807) is 5.56 Å². The fourth-order valence-electron chi connectivity index (χ4n) is 3.38. The van der Waals surface area contributed by atoms with Gasteiger partial charge in [0.1, 0.15) is 12.4 Å². The summed E-state index contributed by atoms with van der Waals surface area (Å²) in [5.74, 6) is 2.81. The molecule has 0 spiro atoms. The molecule has 112 valence electrons. The summed E-state index contributed by atoms with van der Waals surface area (Å²) in [6, 6.07) is 16.9. The number of fused-ring (bicyclic) bond motifs is 3. The predicted octanol–water partition coefficient (Wildman–Crippen LogP) is 4.39. The summed E-state index contributed by atoms with van der Waals surface area (Å²) >= 11 is 0. The zero-order valence-electron chi connectivity index (χ0n) is 12.7. The third-order valence-corrected chi connectivity index (χ3v) is 4.63. The summed E-state index contributed by atoms with van der Waals surface area (Å²) in [6.07, 6.45) is 6.84. The SMILES string of the molecule is C(=C\COc1ccc2c(c1)CC1CC21)/CNc1ccccc1. The first-order valence-electron chi connectivity index (χ1n) is 8.10. The second-order valence-corrected chi connectivity index (χ2v) is 6.20. The molecule has 22 heavy (non-hydrogen) atoms. The van der Waals surface area contributed by atoms with Crippen molar-refractivity contribution in [2.75, 3.05) is 18.5 Å². The molecule has 2 heteroatoms. The Balaban J connectivity index is 1.23. The van der Waals surface area contributed by atoms with Crippen molar-refractivity contribution in [3.05, 3.63) is 71.8 Å². The Kier molecular flexibility index (Phi) is 3.59. The highest BCUT2D eigenvalue weighted by Gasteiger charge is 2.44. The van der Waals surface area contributed by atoms with Gasteiger partial charge in [0.25, 0.3) is 0 Å². The minimum atomic E-state index is 0.627. The van der Waals surface area contributed by atoms with E-state index in [9.17, 15) is 0 Å². The lowest BCUT2D eigenvalue weighted by Gasteiger charge is -2.07. The third-order valence-electron chi connectivity index (χ3n) is 4.63. The van der Waals surface area contributed by atoms with Crippen LogP contribution >= 0.6 is 0 Å². The zero-order chi connectivity index (χ0) is 14.8. The van der Waals surface area contributed by atoms with Crippen LogP contribution in [-0.2, 0) is 6.42 Å². The van der Waals surface area contributed by atoms with Crippen LogP contribution in [0, 0.1) is 5.92 Å². The Morgan fingerprint density at radius 2 is 2.00 bits per heavy atom. The molecular weight excluding hydrogens is 270 g/mol. The van der Waals surface area contributed by atoms with E-state index >= 15 is 0 Å². The summed E-state index contributed by atoms with van der Waals surface area (Å²) in [5.41, 5.74) is 4.22. The van der Waals surface area contributed by atoms with Crippen LogP contribution in [0.3, 0.4) is 0 Å². The largest absolute Gasteiger partial charge is 0.490 e. The van der Waals surface area contributed by atoms with Crippen LogP contribution in [-0.4, -0.2) is 13.2 Å². The Hall–Kier alpha value is -2.22. The van der Waals surface area contributed by atoms with Crippen LogP contribution in [0.1, 0.15) is 23.5 Å². The Labute approximate surface area is 131 Å². The molecule has 0 bridgehead atoms. The number of ether oxygens (including phenoxy) is 1. The standard InChI is InChI=1S/C20H21NO/c1-2-6-17(7-3-1)21-10-4-5-11-22-18-8-9-19-15(13-18)12-16-14-20(16)19/h1-9,13,16,20-21H,10-12,14H2/b5-4+. The van der Waals surface area contributed by atoms with Crippen LogP contribution in [0.5, 0.6) is 5.75 Å². The maximum absolute atomic E-state index is 5.82. The van der Waals surface area contributed by atoms with Gasteiger partial charge in [0, 0.05) is 12.2 Å². The van der Waals surface area contributed by atoms with Crippen molar-refractivity contribution >= 4 is 5.69 Å². The number of para-hydroxylation sites is 1. The van der Waals surface area contributed by atoms with Crippen molar-refractivity contribution in [3.63, 3.8) is 0 Å². The van der Waals surface area contributed by atoms with E-state index in [-0.39, 0.29) is 0 Å². The number of anilines is 1. The normalized spacial score (nSPS) is 21.5. The van der Waals surface area contributed by atoms with E-state index in [1.165, 1.54) is 18.4 Å². The number of benzene rings is 2. The molecule has 0 aromatic heterocycles. The summed E-state index contributed by atoms with van der Waals surface area (Å²) < 4.78 is 5.82. The molecule has 1 fully saturated rings. The molecule has 0 aliphatic heterocycles. The van der Waals surface area contributed by atoms with E-state index in [4.69, 9.17) is 4.74 Å². The van der Waals surface area contributed by atoms with Crippen LogP contribution in [0.25, 0.3) is 0 Å². The minimum absolute atomic E-state index is 0.627. The highest BCUT2D eigenvalue weighted by molar-refractivity contribution is 5.45. The van der Waals surface area contributed by atoms with Crippen LogP contribution < -0.4 is 10.1 Å². The molecule has 2 atom stereocenters. The van der Waals surface area contributed by atoms with E-state index < -0.39 is 0 Å². The van der Waals surface area contributed by atoms with Gasteiger partial charge in [-0.15, -0.1) is 0 Å². The number of hydrogen-bond acceptors (Lipinski definition) is 2. The summed E-state index contributed by atoms with van der Waals surface area (Å²) in [4.78, 5) is 0. The summed E-state index contributed by atoms with van der Waals surface area (Å²) in [7, 11) is 0. The first-order valence-corrected chi connectivity index (χ1v) is 8.10. The molecule has 0 amide bonds. The Morgan fingerprint density at radius 3 is 2.91 bits per heavy atom. The van der Waals surface area contributed by atoms with Gasteiger partial charge >= 0.3 is 0 Å². The molecule has 2 aromatic rings. The molecule has 2 aromatic carbocycles. The topological polar surface area (TPSA) is 21.3 Å². The van der Waals surface area contributed by atoms with Gasteiger partial charge < -0.3 is 10.1 Å². The van der Waals surface area contributed by atoms with Gasteiger partial charge in [-0.25, -0.2) is 0 Å². The summed E-state index contributed by atoms with van der Waals surface area (Å²) in [6.45, 7) is 1.45. The highest BCUT2D eigenvalue weighted by atomic mass is 16.5. The van der Waals surface area contributed by atoms with Crippen LogP contribution in [0.15, 0.2) is 60.7 Å². The van der Waals surface area contributed by atoms with E-state index in [2.05, 4.69) is 47.8 Å². The fraction of sp³-hybridized carbons (Fsp3) is 0.300. The molecule has 4 rings (SSSR count). The minimum Gasteiger partial charge on any atom is -0.490 e. The maximum Gasteiger partial charge on any atom is 0.120 e. The van der Waals surface area contributed by atoms with Gasteiger partial charge in [-0.05, 0) is 66.1 Å². The lowest BCUT2D eigenvalue weighted by atomic mass is 10.1. The highest BCUT2D eigenvalue weighted by Crippen LogP contribution is 2.56. The molecule has 2 aliphatic carbocycles. The second-order valence-electron chi connectivity index (χ2n) is 6.20. The van der Waals surface area contributed by atoms with Crippen molar-refractivity contribution in [1.29, 1.82) is 0 Å². The van der Waals surface area contributed by atoms with Crippen LogP contribution in [0.4, 0.5) is 5.69 Å². The van der Waals surface area contributed by atoms with Crippen molar-refractivity contribution in [1.82, 2.24) is 0 Å². The zero-order valence-corrected chi connectivity index (χ0v) is 12.7. The molecule has 2 unspecified atom stereocenters.